The average molecular weight is 394 g/mol. The molecule has 0 radical (unpaired) electrons. The van der Waals surface area contributed by atoms with Crippen LogP contribution in [0.1, 0.15) is 32.1 Å². The Morgan fingerprint density at radius 2 is 1.81 bits per heavy atom. The Morgan fingerprint density at radius 1 is 1.12 bits per heavy atom. The lowest BCUT2D eigenvalue weighted by Crippen LogP contribution is -2.48. The van der Waals surface area contributed by atoms with E-state index in [0.29, 0.717) is 21.7 Å². The predicted molar refractivity (Wildman–Crippen MR) is 109 cm³/mol. The van der Waals surface area contributed by atoms with Crippen LogP contribution >= 0.6 is 23.5 Å². The number of anilines is 1. The van der Waals surface area contributed by atoms with Crippen LogP contribution in [0.2, 0.25) is 0 Å². The number of hydrogen-bond acceptors (Lipinski definition) is 5. The fourth-order valence-corrected chi connectivity index (χ4v) is 8.90. The second kappa shape index (κ2) is 7.55. The first-order valence-electron chi connectivity index (χ1n) is 9.47. The highest BCUT2D eigenvalue weighted by molar-refractivity contribution is 8.21. The summed E-state index contributed by atoms with van der Waals surface area (Å²) in [6.45, 7) is 0. The number of hydrogen-bond donors (Lipinski definition) is 1. The van der Waals surface area contributed by atoms with Crippen LogP contribution in [0.25, 0.3) is 0 Å². The quantitative estimate of drug-likeness (QED) is 0.807. The van der Waals surface area contributed by atoms with E-state index < -0.39 is 0 Å². The number of benzene rings is 1. The molecule has 2 saturated carbocycles. The van der Waals surface area contributed by atoms with Crippen molar-refractivity contribution in [3.05, 3.63) is 18.2 Å². The van der Waals surface area contributed by atoms with E-state index in [-0.39, 0.29) is 11.8 Å². The van der Waals surface area contributed by atoms with E-state index in [1.807, 2.05) is 18.2 Å². The minimum atomic E-state index is 0.115. The summed E-state index contributed by atoms with van der Waals surface area (Å²) in [6.07, 6.45) is 5.96. The van der Waals surface area contributed by atoms with Crippen LogP contribution in [0.4, 0.5) is 5.69 Å². The summed E-state index contributed by atoms with van der Waals surface area (Å²) in [5.74, 6) is 5.55. The van der Waals surface area contributed by atoms with E-state index in [4.69, 9.17) is 9.47 Å². The van der Waals surface area contributed by atoms with E-state index in [2.05, 4.69) is 28.8 Å². The number of thioether (sulfide) groups is 2. The highest BCUT2D eigenvalue weighted by Crippen LogP contribution is 2.64. The van der Waals surface area contributed by atoms with Gasteiger partial charge in [-0.25, -0.2) is 0 Å². The minimum absolute atomic E-state index is 0.115. The number of nitrogens with one attached hydrogen (secondary N) is 1. The molecule has 3 aliphatic rings. The fraction of sp³-hybridized carbons (Fsp3) is 0.650. The highest BCUT2D eigenvalue weighted by Gasteiger charge is 2.55. The summed E-state index contributed by atoms with van der Waals surface area (Å²) < 4.78 is 11.1. The molecular formula is C20H27NO3S2. The van der Waals surface area contributed by atoms with Crippen LogP contribution in [-0.2, 0) is 4.79 Å². The van der Waals surface area contributed by atoms with Gasteiger partial charge in [0.05, 0.1) is 24.0 Å². The molecule has 1 heterocycles. The summed E-state index contributed by atoms with van der Waals surface area (Å²) in [7, 11) is 3.25. The van der Waals surface area contributed by atoms with E-state index in [1.165, 1.54) is 30.8 Å². The van der Waals surface area contributed by atoms with Crippen LogP contribution in [0.5, 0.6) is 11.5 Å². The SMILES string of the molecule is COc1ccc(NC(=O)C2CC3CCCC(C2)C32SCCS2)c(OC)c1. The average Bonchev–Trinajstić information content (AvgIpc) is 3.11. The standard InChI is InChI=1S/C20H27NO3S2/c1-23-16-6-7-17(18(12-16)24-2)21-19(22)13-10-14-4-3-5-15(11-13)20(14)25-8-9-26-20/h6-7,12-15H,3-5,8-11H2,1-2H3,(H,21,22). The van der Waals surface area contributed by atoms with Gasteiger partial charge in [-0.05, 0) is 49.7 Å². The largest absolute Gasteiger partial charge is 0.497 e. The van der Waals surface area contributed by atoms with Gasteiger partial charge in [-0.3, -0.25) is 4.79 Å². The van der Waals surface area contributed by atoms with Gasteiger partial charge in [-0.15, -0.1) is 23.5 Å². The summed E-state index contributed by atoms with van der Waals surface area (Å²) >= 11 is 4.37. The summed E-state index contributed by atoms with van der Waals surface area (Å²) in [5.41, 5.74) is 0.730. The number of ether oxygens (including phenoxy) is 2. The number of carbonyl (C=O) groups excluding carboxylic acids is 1. The van der Waals surface area contributed by atoms with Crippen molar-refractivity contribution < 1.29 is 14.3 Å². The lowest BCUT2D eigenvalue weighted by atomic mass is 9.67. The van der Waals surface area contributed by atoms with Gasteiger partial charge >= 0.3 is 0 Å². The van der Waals surface area contributed by atoms with Crippen LogP contribution in [0.3, 0.4) is 0 Å². The molecule has 4 rings (SSSR count). The molecule has 1 aromatic carbocycles. The summed E-state index contributed by atoms with van der Waals surface area (Å²) in [5, 5.41) is 3.12. The zero-order valence-electron chi connectivity index (χ0n) is 15.5. The molecular weight excluding hydrogens is 366 g/mol. The number of methoxy groups -OCH3 is 2. The Hall–Kier alpha value is -1.01. The van der Waals surface area contributed by atoms with Crippen LogP contribution < -0.4 is 14.8 Å². The third kappa shape index (κ3) is 3.19. The molecule has 2 aliphatic carbocycles. The van der Waals surface area contributed by atoms with Gasteiger partial charge in [-0.1, -0.05) is 6.42 Å². The molecule has 1 aromatic rings. The normalized spacial score (nSPS) is 29.4. The van der Waals surface area contributed by atoms with Gasteiger partial charge < -0.3 is 14.8 Å². The Kier molecular flexibility index (Phi) is 5.33. The first kappa shape index (κ1) is 18.4. The molecule has 2 unspecified atom stereocenters. The fourth-order valence-electron chi connectivity index (χ4n) is 4.96. The summed E-state index contributed by atoms with van der Waals surface area (Å²) in [6, 6.07) is 5.53. The van der Waals surface area contributed by atoms with Crippen LogP contribution in [-0.4, -0.2) is 35.7 Å². The molecule has 2 atom stereocenters. The van der Waals surface area contributed by atoms with E-state index in [9.17, 15) is 4.79 Å². The van der Waals surface area contributed by atoms with Gasteiger partial charge in [-0.2, -0.15) is 0 Å². The molecule has 4 nitrogen and oxygen atoms in total. The van der Waals surface area contributed by atoms with Crippen molar-refractivity contribution in [3.63, 3.8) is 0 Å². The minimum Gasteiger partial charge on any atom is -0.497 e. The van der Waals surface area contributed by atoms with E-state index >= 15 is 0 Å². The molecule has 0 aromatic heterocycles. The van der Waals surface area contributed by atoms with Crippen molar-refractivity contribution in [2.45, 2.75) is 36.2 Å². The third-order valence-electron chi connectivity index (χ3n) is 6.16. The Bertz CT molecular complexity index is 659. The Balaban J connectivity index is 1.48. The second-order valence-corrected chi connectivity index (χ2v) is 10.5. The van der Waals surface area contributed by atoms with Crippen molar-refractivity contribution in [2.24, 2.45) is 17.8 Å². The molecule has 1 amide bonds. The Labute approximate surface area is 164 Å². The summed E-state index contributed by atoms with van der Waals surface area (Å²) in [4.78, 5) is 13.0. The van der Waals surface area contributed by atoms with Gasteiger partial charge in [0.1, 0.15) is 11.5 Å². The van der Waals surface area contributed by atoms with Gasteiger partial charge in [0.15, 0.2) is 0 Å². The monoisotopic (exact) mass is 393 g/mol. The maximum Gasteiger partial charge on any atom is 0.227 e. The zero-order valence-corrected chi connectivity index (χ0v) is 17.1. The maximum absolute atomic E-state index is 13.0. The van der Waals surface area contributed by atoms with Crippen molar-refractivity contribution in [3.8, 4) is 11.5 Å². The topological polar surface area (TPSA) is 47.6 Å². The molecule has 3 fully saturated rings. The molecule has 26 heavy (non-hydrogen) atoms. The van der Waals surface area contributed by atoms with E-state index in [1.54, 1.807) is 14.2 Å². The zero-order chi connectivity index (χ0) is 18.1. The van der Waals surface area contributed by atoms with Gasteiger partial charge in [0.25, 0.3) is 0 Å². The van der Waals surface area contributed by atoms with Crippen molar-refractivity contribution in [1.82, 2.24) is 0 Å². The van der Waals surface area contributed by atoms with Gasteiger partial charge in [0, 0.05) is 23.5 Å². The predicted octanol–water partition coefficient (Wildman–Crippen LogP) is 4.64. The smallest absolute Gasteiger partial charge is 0.227 e. The van der Waals surface area contributed by atoms with Crippen LogP contribution in [0, 0.1) is 17.8 Å². The molecule has 1 N–H and O–H groups in total. The van der Waals surface area contributed by atoms with Crippen molar-refractivity contribution >= 4 is 35.1 Å². The third-order valence-corrected chi connectivity index (χ3v) is 10.2. The first-order valence-corrected chi connectivity index (χ1v) is 11.4. The first-order chi connectivity index (χ1) is 12.7. The molecule has 6 heteroatoms. The molecule has 1 saturated heterocycles. The van der Waals surface area contributed by atoms with Crippen molar-refractivity contribution in [1.29, 1.82) is 0 Å². The number of rotatable bonds is 4. The Morgan fingerprint density at radius 3 is 2.42 bits per heavy atom. The van der Waals surface area contributed by atoms with Gasteiger partial charge in [0.2, 0.25) is 5.91 Å². The van der Waals surface area contributed by atoms with Crippen molar-refractivity contribution in [2.75, 3.05) is 31.0 Å². The molecule has 2 bridgehead atoms. The lowest BCUT2D eigenvalue weighted by Gasteiger charge is -2.52. The molecule has 142 valence electrons. The van der Waals surface area contributed by atoms with Crippen LogP contribution in [0.15, 0.2) is 18.2 Å². The number of amides is 1. The number of carbonyl (C=O) groups is 1. The molecule has 1 spiro atoms. The maximum atomic E-state index is 13.0. The highest BCUT2D eigenvalue weighted by atomic mass is 32.2. The second-order valence-electron chi connectivity index (χ2n) is 7.47. The lowest BCUT2D eigenvalue weighted by molar-refractivity contribution is -0.122. The molecule has 1 aliphatic heterocycles. The van der Waals surface area contributed by atoms with E-state index in [0.717, 1.165) is 24.3 Å².